The maximum absolute atomic E-state index is 13.2. The van der Waals surface area contributed by atoms with Crippen molar-refractivity contribution >= 4 is 0 Å². The zero-order valence-electron chi connectivity index (χ0n) is 10.1. The van der Waals surface area contributed by atoms with E-state index in [0.717, 1.165) is 31.6 Å². The van der Waals surface area contributed by atoms with Gasteiger partial charge in [-0.2, -0.15) is 0 Å². The minimum Gasteiger partial charge on any atom is -0.247 e. The molecule has 2 unspecified atom stereocenters. The van der Waals surface area contributed by atoms with Crippen molar-refractivity contribution in [1.29, 1.82) is 0 Å². The summed E-state index contributed by atoms with van der Waals surface area (Å²) in [6, 6.07) is 0. The molecule has 0 saturated heterocycles. The second kappa shape index (κ2) is 7.03. The Hall–Kier alpha value is -0.330. The Balaban J connectivity index is 2.04. The molecule has 15 heavy (non-hydrogen) atoms. The molecule has 1 aliphatic rings. The van der Waals surface area contributed by atoms with Crippen molar-refractivity contribution in [2.24, 2.45) is 11.8 Å². The summed E-state index contributed by atoms with van der Waals surface area (Å²) in [7, 11) is 0. The summed E-state index contributed by atoms with van der Waals surface area (Å²) < 4.78 is 13.2. The van der Waals surface area contributed by atoms with Crippen LogP contribution in [0.1, 0.15) is 58.3 Å². The first-order chi connectivity index (χ1) is 7.24. The van der Waals surface area contributed by atoms with Crippen LogP contribution in [0, 0.1) is 11.8 Å². The van der Waals surface area contributed by atoms with Crippen LogP contribution in [0.2, 0.25) is 0 Å². The molecule has 1 aliphatic carbocycles. The van der Waals surface area contributed by atoms with Crippen molar-refractivity contribution in [3.63, 3.8) is 0 Å². The molecule has 1 rings (SSSR count). The Morgan fingerprint density at radius 1 is 1.27 bits per heavy atom. The first kappa shape index (κ1) is 12.7. The normalized spacial score (nSPS) is 31.5. The fourth-order valence-electron chi connectivity index (χ4n) is 2.63. The standard InChI is InChI=1S/C14H25F/c1-3-4-5-6-7-8-13-9-10-14(15)12(2)11-13/h3,12-14H,1,4-11H2,2H3/t12?,13?,14-/m1/s1. The molecule has 0 spiro atoms. The highest BCUT2D eigenvalue weighted by Gasteiger charge is 2.26. The molecule has 0 radical (unpaired) electrons. The summed E-state index contributed by atoms with van der Waals surface area (Å²) in [5, 5.41) is 0. The maximum Gasteiger partial charge on any atom is 0.103 e. The van der Waals surface area contributed by atoms with Crippen LogP contribution in [0.3, 0.4) is 0 Å². The van der Waals surface area contributed by atoms with Gasteiger partial charge in [-0.25, -0.2) is 4.39 Å². The molecule has 0 aromatic rings. The van der Waals surface area contributed by atoms with Crippen LogP contribution in [0.15, 0.2) is 12.7 Å². The van der Waals surface area contributed by atoms with E-state index < -0.39 is 6.17 Å². The third kappa shape index (κ3) is 4.81. The summed E-state index contributed by atoms with van der Waals surface area (Å²) >= 11 is 0. The fraction of sp³-hybridized carbons (Fsp3) is 0.857. The van der Waals surface area contributed by atoms with Crippen LogP contribution in [0.4, 0.5) is 4.39 Å². The predicted molar refractivity (Wildman–Crippen MR) is 64.7 cm³/mol. The molecule has 1 heteroatoms. The molecule has 0 bridgehead atoms. The van der Waals surface area contributed by atoms with E-state index in [4.69, 9.17) is 0 Å². The number of alkyl halides is 1. The van der Waals surface area contributed by atoms with Crippen molar-refractivity contribution in [3.8, 4) is 0 Å². The maximum atomic E-state index is 13.2. The second-order valence-electron chi connectivity index (χ2n) is 5.10. The first-order valence-electron chi connectivity index (χ1n) is 6.49. The van der Waals surface area contributed by atoms with Crippen LogP contribution in [0.5, 0.6) is 0 Å². The predicted octanol–water partition coefficient (Wildman–Crippen LogP) is 4.90. The van der Waals surface area contributed by atoms with Gasteiger partial charge in [0.25, 0.3) is 0 Å². The summed E-state index contributed by atoms with van der Waals surface area (Å²) in [6.07, 6.45) is 10.9. The van der Waals surface area contributed by atoms with Gasteiger partial charge < -0.3 is 0 Å². The quantitative estimate of drug-likeness (QED) is 0.434. The van der Waals surface area contributed by atoms with Crippen LogP contribution in [0.25, 0.3) is 0 Å². The zero-order chi connectivity index (χ0) is 11.1. The molecule has 3 atom stereocenters. The third-order valence-electron chi connectivity index (χ3n) is 3.69. The summed E-state index contributed by atoms with van der Waals surface area (Å²) in [6.45, 7) is 5.79. The van der Waals surface area contributed by atoms with E-state index >= 15 is 0 Å². The molecule has 0 aliphatic heterocycles. The van der Waals surface area contributed by atoms with Crippen LogP contribution >= 0.6 is 0 Å². The van der Waals surface area contributed by atoms with Crippen molar-refractivity contribution in [2.45, 2.75) is 64.5 Å². The third-order valence-corrected chi connectivity index (χ3v) is 3.69. The molecule has 0 N–H and O–H groups in total. The van der Waals surface area contributed by atoms with Gasteiger partial charge in [0.15, 0.2) is 0 Å². The highest BCUT2D eigenvalue weighted by Crippen LogP contribution is 2.33. The SMILES string of the molecule is C=CCCCCCC1CC[C@@H](F)C(C)C1. The lowest BCUT2D eigenvalue weighted by atomic mass is 9.79. The molecule has 0 aromatic carbocycles. The largest absolute Gasteiger partial charge is 0.247 e. The lowest BCUT2D eigenvalue weighted by Crippen LogP contribution is -2.23. The summed E-state index contributed by atoms with van der Waals surface area (Å²) in [5.41, 5.74) is 0. The topological polar surface area (TPSA) is 0 Å². The lowest BCUT2D eigenvalue weighted by molar-refractivity contribution is 0.135. The van der Waals surface area contributed by atoms with Crippen molar-refractivity contribution < 1.29 is 4.39 Å². The van der Waals surface area contributed by atoms with Gasteiger partial charge in [0, 0.05) is 0 Å². The highest BCUT2D eigenvalue weighted by molar-refractivity contribution is 4.77. The smallest absolute Gasteiger partial charge is 0.103 e. The molecule has 1 saturated carbocycles. The molecule has 0 heterocycles. The van der Waals surface area contributed by atoms with Crippen molar-refractivity contribution in [1.82, 2.24) is 0 Å². The average Bonchev–Trinajstić information content (AvgIpc) is 2.23. The van der Waals surface area contributed by atoms with Gasteiger partial charge in [0.1, 0.15) is 6.17 Å². The number of unbranched alkanes of at least 4 members (excludes halogenated alkanes) is 3. The molecule has 0 nitrogen and oxygen atoms in total. The van der Waals surface area contributed by atoms with Gasteiger partial charge in [-0.15, -0.1) is 6.58 Å². The Labute approximate surface area is 94.0 Å². The van der Waals surface area contributed by atoms with Gasteiger partial charge in [-0.3, -0.25) is 0 Å². The van der Waals surface area contributed by atoms with Gasteiger partial charge in [-0.1, -0.05) is 32.3 Å². The molecule has 1 fully saturated rings. The van der Waals surface area contributed by atoms with Crippen molar-refractivity contribution in [3.05, 3.63) is 12.7 Å². The molecule has 0 aromatic heterocycles. The molecular formula is C14H25F. The first-order valence-corrected chi connectivity index (χ1v) is 6.49. The summed E-state index contributed by atoms with van der Waals surface area (Å²) in [4.78, 5) is 0. The number of allylic oxidation sites excluding steroid dienone is 1. The number of halogens is 1. The van der Waals surface area contributed by atoms with Crippen molar-refractivity contribution in [2.75, 3.05) is 0 Å². The average molecular weight is 212 g/mol. The van der Waals surface area contributed by atoms with Gasteiger partial charge in [0.2, 0.25) is 0 Å². The zero-order valence-corrected chi connectivity index (χ0v) is 10.1. The summed E-state index contributed by atoms with van der Waals surface area (Å²) in [5.74, 6) is 1.10. The Morgan fingerprint density at radius 2 is 2.07 bits per heavy atom. The lowest BCUT2D eigenvalue weighted by Gasteiger charge is -2.29. The Bertz CT molecular complexity index is 176. The van der Waals surface area contributed by atoms with E-state index in [2.05, 4.69) is 13.5 Å². The van der Waals surface area contributed by atoms with Crippen LogP contribution in [-0.2, 0) is 0 Å². The number of rotatable bonds is 6. The second-order valence-corrected chi connectivity index (χ2v) is 5.10. The van der Waals surface area contributed by atoms with E-state index in [-0.39, 0.29) is 0 Å². The minimum absolute atomic E-state index is 0.303. The molecular weight excluding hydrogens is 187 g/mol. The van der Waals surface area contributed by atoms with Gasteiger partial charge >= 0.3 is 0 Å². The van der Waals surface area contributed by atoms with Crippen LogP contribution in [-0.4, -0.2) is 6.17 Å². The number of hydrogen-bond acceptors (Lipinski definition) is 0. The fourth-order valence-corrected chi connectivity index (χ4v) is 2.63. The Morgan fingerprint density at radius 3 is 2.73 bits per heavy atom. The van der Waals surface area contributed by atoms with E-state index in [1.807, 2.05) is 6.08 Å². The monoisotopic (exact) mass is 212 g/mol. The van der Waals surface area contributed by atoms with E-state index in [1.54, 1.807) is 0 Å². The van der Waals surface area contributed by atoms with E-state index in [1.165, 1.54) is 25.7 Å². The molecule has 0 amide bonds. The molecule has 88 valence electrons. The highest BCUT2D eigenvalue weighted by atomic mass is 19.1. The van der Waals surface area contributed by atoms with Gasteiger partial charge in [0.05, 0.1) is 0 Å². The van der Waals surface area contributed by atoms with Gasteiger partial charge in [-0.05, 0) is 43.9 Å². The van der Waals surface area contributed by atoms with E-state index in [9.17, 15) is 4.39 Å². The van der Waals surface area contributed by atoms with Crippen LogP contribution < -0.4 is 0 Å². The van der Waals surface area contributed by atoms with E-state index in [0.29, 0.717) is 5.92 Å². The number of hydrogen-bond donors (Lipinski definition) is 0. The Kier molecular flexibility index (Phi) is 5.97. The minimum atomic E-state index is -0.526.